The third-order valence-electron chi connectivity index (χ3n) is 2.13. The van der Waals surface area contributed by atoms with Crippen molar-refractivity contribution in [3.63, 3.8) is 0 Å². The molecule has 0 heterocycles. The molecule has 0 radical (unpaired) electrons. The highest BCUT2D eigenvalue weighted by molar-refractivity contribution is 5.57. The quantitative estimate of drug-likeness (QED) is 0.604. The number of benzene rings is 1. The van der Waals surface area contributed by atoms with E-state index in [2.05, 4.69) is 64.3 Å². The molecule has 0 N–H and O–H groups in total. The minimum absolute atomic E-state index is 1.11. The Kier molecular flexibility index (Phi) is 6.47. The summed E-state index contributed by atoms with van der Waals surface area (Å²) in [7, 11) is 0. The van der Waals surface area contributed by atoms with E-state index in [1.54, 1.807) is 0 Å². The predicted molar refractivity (Wildman–Crippen MR) is 66.5 cm³/mol. The van der Waals surface area contributed by atoms with Gasteiger partial charge in [0, 0.05) is 0 Å². The first-order valence-corrected chi connectivity index (χ1v) is 5.00. The van der Waals surface area contributed by atoms with Crippen LogP contribution in [0.25, 0.3) is 6.08 Å². The van der Waals surface area contributed by atoms with Gasteiger partial charge in [0.05, 0.1) is 0 Å². The third-order valence-corrected chi connectivity index (χ3v) is 2.13. The van der Waals surface area contributed by atoms with E-state index in [9.17, 15) is 0 Å². The molecule has 0 heteroatoms. The molecule has 0 unspecified atom stereocenters. The van der Waals surface area contributed by atoms with E-state index in [4.69, 9.17) is 0 Å². The normalized spacial score (nSPS) is 9.64. The molecule has 1 aromatic carbocycles. The van der Waals surface area contributed by atoms with Crippen molar-refractivity contribution in [2.45, 2.75) is 27.2 Å². The van der Waals surface area contributed by atoms with Crippen LogP contribution in [0.2, 0.25) is 0 Å². The Morgan fingerprint density at radius 1 is 1.29 bits per heavy atom. The Labute approximate surface area is 88.0 Å². The van der Waals surface area contributed by atoms with Crippen molar-refractivity contribution < 1.29 is 0 Å². The number of allylic oxidation sites excluding steroid dienone is 1. The zero-order chi connectivity index (χ0) is 11.0. The van der Waals surface area contributed by atoms with Gasteiger partial charge in [-0.2, -0.15) is 0 Å². The zero-order valence-electron chi connectivity index (χ0n) is 9.51. The van der Waals surface area contributed by atoms with Gasteiger partial charge in [0.25, 0.3) is 0 Å². The van der Waals surface area contributed by atoms with Crippen LogP contribution in [0.1, 0.15) is 30.5 Å². The van der Waals surface area contributed by atoms with E-state index in [1.165, 1.54) is 16.7 Å². The maximum Gasteiger partial charge on any atom is -0.0199 e. The topological polar surface area (TPSA) is 0 Å². The van der Waals surface area contributed by atoms with Crippen LogP contribution in [0, 0.1) is 6.92 Å². The molecule has 0 aliphatic rings. The fourth-order valence-electron chi connectivity index (χ4n) is 1.45. The monoisotopic (exact) mass is 188 g/mol. The molecule has 0 bridgehead atoms. The van der Waals surface area contributed by atoms with E-state index in [0.717, 1.165) is 6.42 Å². The van der Waals surface area contributed by atoms with E-state index in [-0.39, 0.29) is 0 Å². The highest BCUT2D eigenvalue weighted by Gasteiger charge is 1.98. The first-order chi connectivity index (χ1) is 6.79. The molecule has 0 spiro atoms. The van der Waals surface area contributed by atoms with Gasteiger partial charge in [0.15, 0.2) is 0 Å². The number of hydrogen-bond donors (Lipinski definition) is 0. The van der Waals surface area contributed by atoms with Crippen LogP contribution in [-0.2, 0) is 6.42 Å². The Morgan fingerprint density at radius 2 is 1.93 bits per heavy atom. The SMILES string of the molecule is C/C=C\c1c(C)cccc1CC.C=C. The van der Waals surface area contributed by atoms with Crippen molar-refractivity contribution in [2.75, 3.05) is 0 Å². The summed E-state index contributed by atoms with van der Waals surface area (Å²) < 4.78 is 0. The summed E-state index contributed by atoms with van der Waals surface area (Å²) in [6, 6.07) is 6.48. The summed E-state index contributed by atoms with van der Waals surface area (Å²) in [5.74, 6) is 0. The van der Waals surface area contributed by atoms with E-state index in [1.807, 2.05) is 0 Å². The molecule has 0 fully saturated rings. The molecule has 0 aliphatic carbocycles. The Hall–Kier alpha value is -1.30. The van der Waals surface area contributed by atoms with Gasteiger partial charge in [-0.05, 0) is 37.0 Å². The van der Waals surface area contributed by atoms with E-state index < -0.39 is 0 Å². The van der Waals surface area contributed by atoms with Gasteiger partial charge in [-0.25, -0.2) is 0 Å². The van der Waals surface area contributed by atoms with Crippen LogP contribution in [0.3, 0.4) is 0 Å². The van der Waals surface area contributed by atoms with Gasteiger partial charge < -0.3 is 0 Å². The van der Waals surface area contributed by atoms with E-state index >= 15 is 0 Å². The molecule has 76 valence electrons. The predicted octanol–water partition coefficient (Wildman–Crippen LogP) is 4.39. The second-order valence-electron chi connectivity index (χ2n) is 3.00. The minimum atomic E-state index is 1.11. The summed E-state index contributed by atoms with van der Waals surface area (Å²) in [6.07, 6.45) is 5.40. The number of rotatable bonds is 2. The molecule has 1 aromatic rings. The Bertz CT molecular complexity index is 295. The molecule has 14 heavy (non-hydrogen) atoms. The molecule has 1 rings (SSSR count). The van der Waals surface area contributed by atoms with Gasteiger partial charge in [-0.3, -0.25) is 0 Å². The molecule has 0 amide bonds. The van der Waals surface area contributed by atoms with Crippen LogP contribution in [0.15, 0.2) is 37.4 Å². The smallest absolute Gasteiger partial charge is 0.0199 e. The summed E-state index contributed by atoms with van der Waals surface area (Å²) in [6.45, 7) is 12.4. The number of aryl methyl sites for hydroxylation is 2. The van der Waals surface area contributed by atoms with Crippen molar-refractivity contribution in [1.82, 2.24) is 0 Å². The van der Waals surface area contributed by atoms with Crippen molar-refractivity contribution in [1.29, 1.82) is 0 Å². The lowest BCUT2D eigenvalue weighted by atomic mass is 10.00. The fraction of sp³-hybridized carbons (Fsp3) is 0.286. The van der Waals surface area contributed by atoms with Gasteiger partial charge in [-0.1, -0.05) is 37.3 Å². The fourth-order valence-corrected chi connectivity index (χ4v) is 1.45. The largest absolute Gasteiger partial charge is 0.106 e. The molecule has 0 saturated carbocycles. The van der Waals surface area contributed by atoms with Gasteiger partial charge >= 0.3 is 0 Å². The van der Waals surface area contributed by atoms with Gasteiger partial charge in [-0.15, -0.1) is 13.2 Å². The van der Waals surface area contributed by atoms with Gasteiger partial charge in [0.1, 0.15) is 0 Å². The van der Waals surface area contributed by atoms with Crippen LogP contribution in [-0.4, -0.2) is 0 Å². The van der Waals surface area contributed by atoms with Crippen molar-refractivity contribution in [3.05, 3.63) is 54.1 Å². The average molecular weight is 188 g/mol. The first-order valence-electron chi connectivity index (χ1n) is 5.00. The third kappa shape index (κ3) is 3.21. The molecular weight excluding hydrogens is 168 g/mol. The lowest BCUT2D eigenvalue weighted by Crippen LogP contribution is -1.88. The summed E-state index contributed by atoms with van der Waals surface area (Å²) in [5, 5.41) is 0. The van der Waals surface area contributed by atoms with E-state index in [0.29, 0.717) is 0 Å². The summed E-state index contributed by atoms with van der Waals surface area (Å²) in [4.78, 5) is 0. The Morgan fingerprint density at radius 3 is 2.43 bits per heavy atom. The average Bonchev–Trinajstić information content (AvgIpc) is 2.24. The molecule has 0 nitrogen and oxygen atoms in total. The molecule has 0 saturated heterocycles. The molecule has 0 aliphatic heterocycles. The van der Waals surface area contributed by atoms with Crippen LogP contribution < -0.4 is 0 Å². The minimum Gasteiger partial charge on any atom is -0.106 e. The van der Waals surface area contributed by atoms with Crippen LogP contribution in [0.4, 0.5) is 0 Å². The lowest BCUT2D eigenvalue weighted by Gasteiger charge is -2.05. The second-order valence-corrected chi connectivity index (χ2v) is 3.00. The highest BCUT2D eigenvalue weighted by atomic mass is 14.0. The molecule has 0 atom stereocenters. The Balaban J connectivity index is 0.000000791. The summed E-state index contributed by atoms with van der Waals surface area (Å²) in [5.41, 5.74) is 4.20. The van der Waals surface area contributed by atoms with Crippen molar-refractivity contribution in [2.24, 2.45) is 0 Å². The lowest BCUT2D eigenvalue weighted by molar-refractivity contribution is 1.12. The van der Waals surface area contributed by atoms with Crippen molar-refractivity contribution >= 4 is 6.08 Å². The highest BCUT2D eigenvalue weighted by Crippen LogP contribution is 2.16. The first kappa shape index (κ1) is 12.7. The second kappa shape index (κ2) is 7.14. The summed E-state index contributed by atoms with van der Waals surface area (Å²) >= 11 is 0. The maximum absolute atomic E-state index is 3.00. The molecular formula is C14H20. The standard InChI is InChI=1S/C12H16.C2H4/c1-4-7-12-10(3)8-6-9-11(12)5-2;1-2/h4,6-9H,5H2,1-3H3;1-2H2/b7-4-;. The number of hydrogen-bond acceptors (Lipinski definition) is 0. The van der Waals surface area contributed by atoms with Crippen LogP contribution in [0.5, 0.6) is 0 Å². The maximum atomic E-state index is 3.00. The van der Waals surface area contributed by atoms with Crippen LogP contribution >= 0.6 is 0 Å². The molecule has 0 aromatic heterocycles. The zero-order valence-corrected chi connectivity index (χ0v) is 9.51. The van der Waals surface area contributed by atoms with Crippen molar-refractivity contribution in [3.8, 4) is 0 Å². The van der Waals surface area contributed by atoms with Gasteiger partial charge in [0.2, 0.25) is 0 Å².